The molecule has 1 nitrogen and oxygen atoms in total. The van der Waals surface area contributed by atoms with Crippen molar-refractivity contribution in [3.63, 3.8) is 0 Å². The van der Waals surface area contributed by atoms with Crippen molar-refractivity contribution in [1.82, 2.24) is 0 Å². The summed E-state index contributed by atoms with van der Waals surface area (Å²) in [4.78, 5) is 0. The molecule has 0 N–H and O–H groups in total. The zero-order chi connectivity index (χ0) is 13.0. The van der Waals surface area contributed by atoms with Gasteiger partial charge in [0.05, 0.1) is 13.0 Å². The van der Waals surface area contributed by atoms with Crippen LogP contribution >= 0.6 is 0 Å². The lowest BCUT2D eigenvalue weighted by Crippen LogP contribution is -2.08. The Morgan fingerprint density at radius 2 is 1.56 bits per heavy atom. The SMILES string of the molecule is [B]c1ccc(C(C(=C)OC)c2ccccc2)cc1. The van der Waals surface area contributed by atoms with Crippen LogP contribution in [0.15, 0.2) is 66.9 Å². The van der Waals surface area contributed by atoms with Crippen LogP contribution in [-0.2, 0) is 4.74 Å². The molecule has 1 atom stereocenters. The van der Waals surface area contributed by atoms with Gasteiger partial charge in [-0.25, -0.2) is 0 Å². The van der Waals surface area contributed by atoms with Crippen LogP contribution in [0, 0.1) is 0 Å². The minimum atomic E-state index is 0.0387. The largest absolute Gasteiger partial charge is 0.501 e. The Kier molecular flexibility index (Phi) is 3.88. The van der Waals surface area contributed by atoms with Crippen LogP contribution in [0.2, 0.25) is 0 Å². The number of benzene rings is 2. The summed E-state index contributed by atoms with van der Waals surface area (Å²) in [6.45, 7) is 4.00. The zero-order valence-electron chi connectivity index (χ0n) is 10.5. The predicted octanol–water partition coefficient (Wildman–Crippen LogP) is 2.77. The highest BCUT2D eigenvalue weighted by molar-refractivity contribution is 6.32. The molecule has 2 aromatic rings. The van der Waals surface area contributed by atoms with Crippen molar-refractivity contribution in [2.24, 2.45) is 0 Å². The molecule has 0 bridgehead atoms. The summed E-state index contributed by atoms with van der Waals surface area (Å²) in [6, 6.07) is 18.0. The fraction of sp³-hybridized carbons (Fsp3) is 0.125. The molecule has 2 heteroatoms. The van der Waals surface area contributed by atoms with Crippen molar-refractivity contribution in [2.75, 3.05) is 7.11 Å². The van der Waals surface area contributed by atoms with Gasteiger partial charge in [-0.05, 0) is 11.1 Å². The topological polar surface area (TPSA) is 9.23 Å². The molecule has 88 valence electrons. The van der Waals surface area contributed by atoms with Gasteiger partial charge in [0.15, 0.2) is 0 Å². The zero-order valence-corrected chi connectivity index (χ0v) is 10.5. The normalized spacial score (nSPS) is 11.8. The maximum Gasteiger partial charge on any atom is 0.113 e. The van der Waals surface area contributed by atoms with Gasteiger partial charge in [-0.15, -0.1) is 0 Å². The summed E-state index contributed by atoms with van der Waals surface area (Å²) in [5.74, 6) is 0.766. The average Bonchev–Trinajstić information content (AvgIpc) is 2.42. The third-order valence-corrected chi connectivity index (χ3v) is 2.99. The van der Waals surface area contributed by atoms with Crippen molar-refractivity contribution in [3.05, 3.63) is 78.1 Å². The molecular weight excluding hydrogens is 219 g/mol. The molecule has 0 saturated carbocycles. The van der Waals surface area contributed by atoms with Crippen molar-refractivity contribution in [3.8, 4) is 0 Å². The van der Waals surface area contributed by atoms with E-state index in [2.05, 4.69) is 18.7 Å². The van der Waals surface area contributed by atoms with Crippen LogP contribution in [0.1, 0.15) is 17.0 Å². The van der Waals surface area contributed by atoms with E-state index in [1.165, 1.54) is 0 Å². The van der Waals surface area contributed by atoms with Crippen molar-refractivity contribution >= 4 is 13.3 Å². The lowest BCUT2D eigenvalue weighted by Gasteiger charge is -2.19. The van der Waals surface area contributed by atoms with Gasteiger partial charge in [-0.2, -0.15) is 0 Å². The van der Waals surface area contributed by atoms with Gasteiger partial charge in [0, 0.05) is 0 Å². The molecule has 2 aromatic carbocycles. The lowest BCUT2D eigenvalue weighted by molar-refractivity contribution is 0.275. The van der Waals surface area contributed by atoms with E-state index in [1.807, 2.05) is 42.5 Å². The van der Waals surface area contributed by atoms with Gasteiger partial charge < -0.3 is 4.74 Å². The molecule has 0 saturated heterocycles. The lowest BCUT2D eigenvalue weighted by atomic mass is 9.87. The summed E-state index contributed by atoms with van der Waals surface area (Å²) in [6.07, 6.45) is 0. The van der Waals surface area contributed by atoms with Crippen LogP contribution < -0.4 is 5.46 Å². The highest BCUT2D eigenvalue weighted by Crippen LogP contribution is 2.30. The quantitative estimate of drug-likeness (QED) is 0.583. The van der Waals surface area contributed by atoms with Crippen LogP contribution in [0.25, 0.3) is 0 Å². The Balaban J connectivity index is 2.43. The van der Waals surface area contributed by atoms with E-state index in [-0.39, 0.29) is 5.92 Å². The van der Waals surface area contributed by atoms with Crippen LogP contribution in [0.3, 0.4) is 0 Å². The van der Waals surface area contributed by atoms with E-state index >= 15 is 0 Å². The second-order valence-corrected chi connectivity index (χ2v) is 4.18. The highest BCUT2D eigenvalue weighted by Gasteiger charge is 2.17. The van der Waals surface area contributed by atoms with Crippen LogP contribution in [0.5, 0.6) is 0 Å². The molecule has 18 heavy (non-hydrogen) atoms. The second kappa shape index (κ2) is 5.59. The van der Waals surface area contributed by atoms with Gasteiger partial charge in [-0.3, -0.25) is 0 Å². The van der Waals surface area contributed by atoms with Gasteiger partial charge in [0.25, 0.3) is 0 Å². The standard InChI is InChI=1S/C16H15BO/c1-12(18-2)16(13-6-4-3-5-7-13)14-8-10-15(17)11-9-14/h3-11,16H,1H2,2H3. The van der Waals surface area contributed by atoms with Crippen molar-refractivity contribution in [1.29, 1.82) is 0 Å². The molecule has 0 aliphatic rings. The minimum absolute atomic E-state index is 0.0387. The smallest absolute Gasteiger partial charge is 0.113 e. The summed E-state index contributed by atoms with van der Waals surface area (Å²) in [7, 11) is 7.37. The number of hydrogen-bond donors (Lipinski definition) is 0. The molecule has 0 spiro atoms. The number of hydrogen-bond acceptors (Lipinski definition) is 1. The van der Waals surface area contributed by atoms with E-state index in [0.29, 0.717) is 0 Å². The maximum absolute atomic E-state index is 5.72. The molecule has 0 fully saturated rings. The molecule has 0 amide bonds. The first-order valence-electron chi connectivity index (χ1n) is 5.85. The Labute approximate surface area is 110 Å². The molecule has 0 aromatic heterocycles. The first kappa shape index (κ1) is 12.5. The molecule has 1 unspecified atom stereocenters. The molecular formula is C16H15BO. The Morgan fingerprint density at radius 1 is 1.00 bits per heavy atom. The fourth-order valence-electron chi connectivity index (χ4n) is 2.02. The molecule has 2 radical (unpaired) electrons. The number of allylic oxidation sites excluding steroid dienone is 1. The van der Waals surface area contributed by atoms with E-state index in [4.69, 9.17) is 12.6 Å². The monoisotopic (exact) mass is 234 g/mol. The fourth-order valence-corrected chi connectivity index (χ4v) is 2.02. The summed E-state index contributed by atoms with van der Waals surface area (Å²) < 4.78 is 5.33. The van der Waals surface area contributed by atoms with Gasteiger partial charge in [-0.1, -0.05) is 66.6 Å². The van der Waals surface area contributed by atoms with Crippen LogP contribution in [-0.4, -0.2) is 15.0 Å². The minimum Gasteiger partial charge on any atom is -0.501 e. The number of methoxy groups -OCH3 is 1. The Hall–Kier alpha value is -1.96. The first-order valence-corrected chi connectivity index (χ1v) is 5.85. The van der Waals surface area contributed by atoms with E-state index < -0.39 is 0 Å². The molecule has 0 heterocycles. The molecule has 0 aliphatic heterocycles. The summed E-state index contributed by atoms with van der Waals surface area (Å²) in [5, 5.41) is 0. The summed E-state index contributed by atoms with van der Waals surface area (Å²) >= 11 is 0. The third kappa shape index (κ3) is 2.65. The number of ether oxygens (including phenoxy) is 1. The van der Waals surface area contributed by atoms with Crippen molar-refractivity contribution in [2.45, 2.75) is 5.92 Å². The van der Waals surface area contributed by atoms with Crippen LogP contribution in [0.4, 0.5) is 0 Å². The number of rotatable bonds is 4. The molecule has 0 aliphatic carbocycles. The van der Waals surface area contributed by atoms with Gasteiger partial charge in [0.2, 0.25) is 0 Å². The van der Waals surface area contributed by atoms with E-state index in [9.17, 15) is 0 Å². The predicted molar refractivity (Wildman–Crippen MR) is 76.3 cm³/mol. The first-order chi connectivity index (χ1) is 8.72. The Morgan fingerprint density at radius 3 is 2.11 bits per heavy atom. The van der Waals surface area contributed by atoms with Gasteiger partial charge in [0.1, 0.15) is 13.6 Å². The summed E-state index contributed by atoms with van der Waals surface area (Å²) in [5.41, 5.74) is 3.05. The maximum atomic E-state index is 5.72. The van der Waals surface area contributed by atoms with E-state index in [1.54, 1.807) is 7.11 Å². The highest BCUT2D eigenvalue weighted by atomic mass is 16.5. The third-order valence-electron chi connectivity index (χ3n) is 2.99. The second-order valence-electron chi connectivity index (χ2n) is 4.18. The molecule has 2 rings (SSSR count). The van der Waals surface area contributed by atoms with E-state index in [0.717, 1.165) is 22.3 Å². The van der Waals surface area contributed by atoms with Gasteiger partial charge >= 0.3 is 0 Å². The average molecular weight is 234 g/mol. The Bertz CT molecular complexity index is 517. The van der Waals surface area contributed by atoms with Crippen molar-refractivity contribution < 1.29 is 4.74 Å².